The van der Waals surface area contributed by atoms with Gasteiger partial charge < -0.3 is 25.0 Å². The molecule has 0 unspecified atom stereocenters. The van der Waals surface area contributed by atoms with Crippen LogP contribution in [0.5, 0.6) is 5.75 Å². The summed E-state index contributed by atoms with van der Waals surface area (Å²) in [5.74, 6) is 1.78. The van der Waals surface area contributed by atoms with Gasteiger partial charge in [-0.3, -0.25) is 4.99 Å². The molecule has 0 aliphatic rings. The Balaban J connectivity index is 2.17. The number of nitrogens with one attached hydrogen (secondary N) is 2. The van der Waals surface area contributed by atoms with Crippen LogP contribution in [-0.4, -0.2) is 71.0 Å². The molecule has 1 aromatic rings. The lowest BCUT2D eigenvalue weighted by atomic mass is 10.3. The molecule has 0 aliphatic heterocycles. The van der Waals surface area contributed by atoms with Crippen LogP contribution in [0.3, 0.4) is 0 Å². The second-order valence-electron chi connectivity index (χ2n) is 5.85. The average Bonchev–Trinajstić information content (AvgIpc) is 2.62. The molecule has 0 atom stereocenters. The zero-order valence-corrected chi connectivity index (χ0v) is 16.0. The summed E-state index contributed by atoms with van der Waals surface area (Å²) in [7, 11) is 3.87. The first-order valence-corrected chi connectivity index (χ1v) is 9.13. The Morgan fingerprint density at radius 2 is 1.88 bits per heavy atom. The highest BCUT2D eigenvalue weighted by Gasteiger charge is 2.00. The maximum Gasteiger partial charge on any atom is 0.191 e. The smallest absolute Gasteiger partial charge is 0.191 e. The van der Waals surface area contributed by atoms with Crippen LogP contribution >= 0.6 is 0 Å². The molecule has 2 N–H and O–H groups in total. The average molecular weight is 351 g/mol. The van der Waals surface area contributed by atoms with Gasteiger partial charge in [-0.05, 0) is 32.5 Å². The van der Waals surface area contributed by atoms with E-state index in [-0.39, 0.29) is 0 Å². The number of aliphatic imine (C=N–C) groups is 1. The molecule has 142 valence electrons. The van der Waals surface area contributed by atoms with Crippen LogP contribution in [-0.2, 0) is 4.74 Å². The van der Waals surface area contributed by atoms with Gasteiger partial charge in [0, 0.05) is 52.9 Å². The fourth-order valence-corrected chi connectivity index (χ4v) is 2.26. The first-order valence-electron chi connectivity index (χ1n) is 9.13. The molecule has 25 heavy (non-hydrogen) atoms. The number of nitrogens with zero attached hydrogens (tertiary/aromatic N) is 2. The highest BCUT2D eigenvalue weighted by Crippen LogP contribution is 2.08. The largest absolute Gasteiger partial charge is 0.494 e. The second kappa shape index (κ2) is 14.5. The van der Waals surface area contributed by atoms with E-state index >= 15 is 0 Å². The predicted octanol–water partition coefficient (Wildman–Crippen LogP) is 1.98. The number of hydrogen-bond donors (Lipinski definition) is 2. The summed E-state index contributed by atoms with van der Waals surface area (Å²) < 4.78 is 10.8. The van der Waals surface area contributed by atoms with Crippen molar-refractivity contribution in [3.05, 3.63) is 30.3 Å². The Labute approximate surface area is 152 Å². The van der Waals surface area contributed by atoms with E-state index in [0.717, 1.165) is 63.9 Å². The number of rotatable bonds is 13. The van der Waals surface area contributed by atoms with Gasteiger partial charge in [0.25, 0.3) is 0 Å². The molecule has 0 aliphatic carbocycles. The first-order chi connectivity index (χ1) is 12.3. The Hall–Kier alpha value is -1.79. The minimum atomic E-state index is 0.676. The van der Waals surface area contributed by atoms with Crippen LogP contribution in [0.25, 0.3) is 0 Å². The summed E-state index contributed by atoms with van der Waals surface area (Å²) >= 11 is 0. The zero-order chi connectivity index (χ0) is 18.2. The maximum atomic E-state index is 5.68. The number of methoxy groups -OCH3 is 1. The van der Waals surface area contributed by atoms with Crippen molar-refractivity contribution in [1.29, 1.82) is 0 Å². The summed E-state index contributed by atoms with van der Waals surface area (Å²) in [4.78, 5) is 6.89. The summed E-state index contributed by atoms with van der Waals surface area (Å²) in [6.07, 6.45) is 1.95. The van der Waals surface area contributed by atoms with Crippen molar-refractivity contribution in [3.8, 4) is 5.75 Å². The van der Waals surface area contributed by atoms with Crippen LogP contribution in [0.4, 0.5) is 0 Å². The first kappa shape index (κ1) is 21.3. The van der Waals surface area contributed by atoms with Gasteiger partial charge in [-0.2, -0.15) is 0 Å². The fraction of sp³-hybridized carbons (Fsp3) is 0.632. The molecule has 0 radical (unpaired) electrons. The van der Waals surface area contributed by atoms with Gasteiger partial charge in [0.2, 0.25) is 0 Å². The molecule has 0 fully saturated rings. The number of hydrogen-bond acceptors (Lipinski definition) is 4. The predicted molar refractivity (Wildman–Crippen MR) is 105 cm³/mol. The van der Waals surface area contributed by atoms with Gasteiger partial charge in [-0.25, -0.2) is 0 Å². The molecular weight excluding hydrogens is 316 g/mol. The normalized spacial score (nSPS) is 11.6. The molecule has 0 amide bonds. The molecule has 0 bridgehead atoms. The van der Waals surface area contributed by atoms with Crippen molar-refractivity contribution in [2.75, 3.05) is 60.1 Å². The Morgan fingerprint density at radius 1 is 1.08 bits per heavy atom. The van der Waals surface area contributed by atoms with E-state index in [1.54, 1.807) is 7.11 Å². The van der Waals surface area contributed by atoms with Crippen LogP contribution < -0.4 is 15.4 Å². The molecule has 0 aromatic heterocycles. The molecule has 0 heterocycles. The van der Waals surface area contributed by atoms with Gasteiger partial charge in [0.1, 0.15) is 5.75 Å². The maximum absolute atomic E-state index is 5.68. The molecule has 1 aromatic carbocycles. The van der Waals surface area contributed by atoms with Crippen molar-refractivity contribution in [3.63, 3.8) is 0 Å². The Kier molecular flexibility index (Phi) is 12.4. The van der Waals surface area contributed by atoms with E-state index in [1.165, 1.54) is 0 Å². The summed E-state index contributed by atoms with van der Waals surface area (Å²) in [5.41, 5.74) is 0. The van der Waals surface area contributed by atoms with E-state index in [0.29, 0.717) is 6.61 Å². The number of ether oxygens (including phenoxy) is 2. The van der Waals surface area contributed by atoms with Crippen LogP contribution in [0.1, 0.15) is 19.8 Å². The highest BCUT2D eigenvalue weighted by atomic mass is 16.5. The quantitative estimate of drug-likeness (QED) is 0.324. The third-order valence-electron chi connectivity index (χ3n) is 3.60. The Morgan fingerprint density at radius 3 is 2.60 bits per heavy atom. The van der Waals surface area contributed by atoms with Crippen LogP contribution in [0.15, 0.2) is 35.3 Å². The molecule has 1 rings (SSSR count). The van der Waals surface area contributed by atoms with Crippen molar-refractivity contribution in [2.45, 2.75) is 19.8 Å². The molecular formula is C19H34N4O2. The lowest BCUT2D eigenvalue weighted by Gasteiger charge is -2.18. The monoisotopic (exact) mass is 350 g/mol. The van der Waals surface area contributed by atoms with Crippen molar-refractivity contribution >= 4 is 5.96 Å². The lowest BCUT2D eigenvalue weighted by molar-refractivity contribution is 0.180. The van der Waals surface area contributed by atoms with Gasteiger partial charge in [-0.1, -0.05) is 18.2 Å². The van der Waals surface area contributed by atoms with Crippen molar-refractivity contribution < 1.29 is 9.47 Å². The summed E-state index contributed by atoms with van der Waals surface area (Å²) in [6, 6.07) is 9.89. The second-order valence-corrected chi connectivity index (χ2v) is 5.85. The zero-order valence-electron chi connectivity index (χ0n) is 16.0. The minimum absolute atomic E-state index is 0.676. The molecule has 6 heteroatoms. The van der Waals surface area contributed by atoms with E-state index in [1.807, 2.05) is 30.3 Å². The Bertz CT molecular complexity index is 454. The van der Waals surface area contributed by atoms with Gasteiger partial charge in [0.05, 0.1) is 6.61 Å². The van der Waals surface area contributed by atoms with E-state index in [4.69, 9.17) is 9.47 Å². The fourth-order valence-electron chi connectivity index (χ4n) is 2.26. The highest BCUT2D eigenvalue weighted by molar-refractivity contribution is 5.79. The van der Waals surface area contributed by atoms with Crippen LogP contribution in [0.2, 0.25) is 0 Å². The van der Waals surface area contributed by atoms with Crippen molar-refractivity contribution in [2.24, 2.45) is 4.99 Å². The van der Waals surface area contributed by atoms with E-state index in [2.05, 4.69) is 34.5 Å². The van der Waals surface area contributed by atoms with Crippen molar-refractivity contribution in [1.82, 2.24) is 15.5 Å². The number of guanidine groups is 1. The molecule has 6 nitrogen and oxygen atoms in total. The van der Waals surface area contributed by atoms with E-state index in [9.17, 15) is 0 Å². The lowest BCUT2D eigenvalue weighted by Crippen LogP contribution is -2.41. The third-order valence-corrected chi connectivity index (χ3v) is 3.60. The number of benzene rings is 1. The van der Waals surface area contributed by atoms with E-state index < -0.39 is 0 Å². The SMILES string of the molecule is CCNC(=NCCCOc1ccccc1)NCCN(C)CCCOC. The topological polar surface area (TPSA) is 58.1 Å². The van der Waals surface area contributed by atoms with Gasteiger partial charge in [0.15, 0.2) is 5.96 Å². The number of para-hydroxylation sites is 1. The molecule has 0 saturated heterocycles. The molecule has 0 saturated carbocycles. The van der Waals surface area contributed by atoms with Gasteiger partial charge >= 0.3 is 0 Å². The molecule has 0 spiro atoms. The minimum Gasteiger partial charge on any atom is -0.494 e. The number of likely N-dealkylation sites (N-methyl/N-ethyl adjacent to an activating group) is 1. The third kappa shape index (κ3) is 11.4. The summed E-state index contributed by atoms with van der Waals surface area (Å²) in [6.45, 7) is 8.05. The van der Waals surface area contributed by atoms with Crippen LogP contribution in [0, 0.1) is 0 Å². The van der Waals surface area contributed by atoms with Gasteiger partial charge in [-0.15, -0.1) is 0 Å². The standard InChI is InChI=1S/C19H34N4O2/c1-4-20-19(22-13-15-23(2)14-9-16-24-3)21-12-8-17-25-18-10-6-5-7-11-18/h5-7,10-11H,4,8-9,12-17H2,1-3H3,(H2,20,21,22). The summed E-state index contributed by atoms with van der Waals surface area (Å²) in [5, 5.41) is 6.65.